The quantitative estimate of drug-likeness (QED) is 0.613. The molecular weight excluding hydrogens is 340 g/mol. The Balaban J connectivity index is 1.80. The molecule has 5 heteroatoms. The molecule has 122 valence electrons. The highest BCUT2D eigenvalue weighted by atomic mass is 35.5. The predicted octanol–water partition coefficient (Wildman–Crippen LogP) is 5.40. The van der Waals surface area contributed by atoms with Crippen LogP contribution >= 0.6 is 22.9 Å². The third-order valence-electron chi connectivity index (χ3n) is 3.60. The summed E-state index contributed by atoms with van der Waals surface area (Å²) < 4.78 is 0. The van der Waals surface area contributed by atoms with Crippen molar-refractivity contribution in [3.63, 3.8) is 0 Å². The van der Waals surface area contributed by atoms with Crippen molar-refractivity contribution in [3.8, 4) is 0 Å². The molecular formula is C19H17ClN2OS. The average Bonchev–Trinajstić information content (AvgIpc) is 3.01. The lowest BCUT2D eigenvalue weighted by Crippen LogP contribution is -2.26. The van der Waals surface area contributed by atoms with Crippen LogP contribution in [-0.4, -0.2) is 10.9 Å². The van der Waals surface area contributed by atoms with E-state index in [4.69, 9.17) is 11.6 Å². The highest BCUT2D eigenvalue weighted by Gasteiger charge is 2.20. The van der Waals surface area contributed by atoms with E-state index in [0.29, 0.717) is 23.0 Å². The number of thiazole rings is 1. The number of hydrogen-bond donors (Lipinski definition) is 0. The van der Waals surface area contributed by atoms with E-state index in [2.05, 4.69) is 4.98 Å². The molecule has 0 aliphatic rings. The lowest BCUT2D eigenvalue weighted by Gasteiger charge is -2.20. The van der Waals surface area contributed by atoms with Crippen molar-refractivity contribution in [2.75, 3.05) is 4.90 Å². The van der Waals surface area contributed by atoms with E-state index in [1.807, 2.05) is 66.9 Å². The van der Waals surface area contributed by atoms with E-state index in [0.717, 1.165) is 16.9 Å². The molecule has 0 bridgehead atoms. The molecule has 0 saturated heterocycles. The van der Waals surface area contributed by atoms with Crippen LogP contribution in [0.25, 0.3) is 0 Å². The number of benzene rings is 2. The number of nitrogens with zero attached hydrogens (tertiary/aromatic N) is 2. The molecule has 0 atom stereocenters. The van der Waals surface area contributed by atoms with Crippen molar-refractivity contribution < 1.29 is 4.79 Å². The fraction of sp³-hybridized carbons (Fsp3) is 0.158. The predicted molar refractivity (Wildman–Crippen MR) is 100 cm³/mol. The van der Waals surface area contributed by atoms with Crippen molar-refractivity contribution >= 4 is 39.7 Å². The molecule has 0 aliphatic heterocycles. The monoisotopic (exact) mass is 356 g/mol. The van der Waals surface area contributed by atoms with E-state index in [1.165, 1.54) is 11.3 Å². The summed E-state index contributed by atoms with van der Waals surface area (Å²) >= 11 is 7.39. The van der Waals surface area contributed by atoms with Crippen LogP contribution in [0.1, 0.15) is 17.7 Å². The summed E-state index contributed by atoms with van der Waals surface area (Å²) in [6, 6.07) is 17.2. The zero-order valence-electron chi connectivity index (χ0n) is 13.3. The Bertz CT molecular complexity index is 815. The summed E-state index contributed by atoms with van der Waals surface area (Å²) in [5, 5.41) is 3.37. The second-order valence-corrected chi connectivity index (χ2v) is 6.74. The van der Waals surface area contributed by atoms with Gasteiger partial charge in [0.25, 0.3) is 0 Å². The van der Waals surface area contributed by atoms with E-state index in [9.17, 15) is 4.79 Å². The third kappa shape index (κ3) is 4.02. The van der Waals surface area contributed by atoms with Gasteiger partial charge in [0.05, 0.1) is 11.4 Å². The molecule has 0 aliphatic carbocycles. The van der Waals surface area contributed by atoms with Crippen LogP contribution < -0.4 is 4.90 Å². The smallest absolute Gasteiger partial charge is 0.233 e. The number of aryl methyl sites for hydroxylation is 2. The first-order valence-electron chi connectivity index (χ1n) is 7.68. The maximum atomic E-state index is 12.9. The molecule has 3 aromatic rings. The number of carbonyl (C=O) groups excluding carboxylic acids is 1. The fourth-order valence-corrected chi connectivity index (χ4v) is 3.36. The number of halogens is 1. The van der Waals surface area contributed by atoms with Crippen molar-refractivity contribution in [2.24, 2.45) is 0 Å². The maximum absolute atomic E-state index is 12.9. The second kappa shape index (κ2) is 7.60. The summed E-state index contributed by atoms with van der Waals surface area (Å²) in [7, 11) is 0. The average molecular weight is 357 g/mol. The highest BCUT2D eigenvalue weighted by Crippen LogP contribution is 2.29. The minimum Gasteiger partial charge on any atom is -0.274 e. The van der Waals surface area contributed by atoms with Crippen molar-refractivity contribution in [1.29, 1.82) is 0 Å². The van der Waals surface area contributed by atoms with Gasteiger partial charge in [-0.3, -0.25) is 9.69 Å². The maximum Gasteiger partial charge on any atom is 0.233 e. The first kappa shape index (κ1) is 16.7. The van der Waals surface area contributed by atoms with Crippen LogP contribution in [0, 0.1) is 6.92 Å². The number of amides is 1. The Hall–Kier alpha value is -2.17. The molecule has 0 unspecified atom stereocenters. The highest BCUT2D eigenvalue weighted by molar-refractivity contribution is 7.14. The summed E-state index contributed by atoms with van der Waals surface area (Å²) in [5.74, 6) is 0.0329. The van der Waals surface area contributed by atoms with Crippen LogP contribution in [0.5, 0.6) is 0 Å². The van der Waals surface area contributed by atoms with Gasteiger partial charge < -0.3 is 0 Å². The Morgan fingerprint density at radius 2 is 1.83 bits per heavy atom. The van der Waals surface area contributed by atoms with Gasteiger partial charge in [0, 0.05) is 16.8 Å². The SMILES string of the molecule is Cc1csc(N(C(=O)CCc2ccc(Cl)cc2)c2ccccc2)n1. The van der Waals surface area contributed by atoms with Crippen molar-refractivity contribution in [2.45, 2.75) is 19.8 Å². The van der Waals surface area contributed by atoms with Gasteiger partial charge in [-0.2, -0.15) is 0 Å². The van der Waals surface area contributed by atoms with E-state index < -0.39 is 0 Å². The number of hydrogen-bond acceptors (Lipinski definition) is 3. The molecule has 3 rings (SSSR count). The molecule has 3 nitrogen and oxygen atoms in total. The summed E-state index contributed by atoms with van der Waals surface area (Å²) in [6.45, 7) is 1.93. The molecule has 0 N–H and O–H groups in total. The topological polar surface area (TPSA) is 33.2 Å². The zero-order valence-corrected chi connectivity index (χ0v) is 14.8. The molecule has 0 fully saturated rings. The minimum atomic E-state index is 0.0329. The molecule has 24 heavy (non-hydrogen) atoms. The summed E-state index contributed by atoms with van der Waals surface area (Å²) in [5.41, 5.74) is 2.85. The lowest BCUT2D eigenvalue weighted by atomic mass is 10.1. The van der Waals surface area contributed by atoms with Gasteiger partial charge in [0.2, 0.25) is 5.91 Å². The van der Waals surface area contributed by atoms with E-state index in [1.54, 1.807) is 4.90 Å². The first-order valence-corrected chi connectivity index (χ1v) is 8.94. The molecule has 0 radical (unpaired) electrons. The number of rotatable bonds is 5. The Kier molecular flexibility index (Phi) is 5.28. The summed E-state index contributed by atoms with van der Waals surface area (Å²) in [6.07, 6.45) is 1.08. The normalized spacial score (nSPS) is 10.6. The number of anilines is 2. The largest absolute Gasteiger partial charge is 0.274 e. The van der Waals surface area contributed by atoms with Crippen molar-refractivity contribution in [3.05, 3.63) is 76.3 Å². The molecule has 1 heterocycles. The van der Waals surface area contributed by atoms with Gasteiger partial charge in [-0.05, 0) is 43.2 Å². The number of aromatic nitrogens is 1. The van der Waals surface area contributed by atoms with E-state index in [-0.39, 0.29) is 5.91 Å². The third-order valence-corrected chi connectivity index (χ3v) is 4.80. The zero-order chi connectivity index (χ0) is 16.9. The van der Waals surface area contributed by atoms with Crippen LogP contribution in [0.4, 0.5) is 10.8 Å². The number of para-hydroxylation sites is 1. The lowest BCUT2D eigenvalue weighted by molar-refractivity contribution is -0.117. The molecule has 2 aromatic carbocycles. The Morgan fingerprint density at radius 1 is 1.12 bits per heavy atom. The van der Waals surface area contributed by atoms with Crippen LogP contribution in [0.2, 0.25) is 5.02 Å². The van der Waals surface area contributed by atoms with Gasteiger partial charge in [0.15, 0.2) is 5.13 Å². The number of carbonyl (C=O) groups is 1. The first-order chi connectivity index (χ1) is 11.6. The molecule has 0 spiro atoms. The van der Waals surface area contributed by atoms with Gasteiger partial charge in [-0.25, -0.2) is 4.98 Å². The molecule has 1 aromatic heterocycles. The van der Waals surface area contributed by atoms with Crippen LogP contribution in [0.3, 0.4) is 0 Å². The summed E-state index contributed by atoms with van der Waals surface area (Å²) in [4.78, 5) is 19.0. The van der Waals surface area contributed by atoms with E-state index >= 15 is 0 Å². The minimum absolute atomic E-state index is 0.0329. The standard InChI is InChI=1S/C19H17ClN2OS/c1-14-13-24-19(21-14)22(17-5-3-2-4-6-17)18(23)12-9-15-7-10-16(20)11-8-15/h2-8,10-11,13H,9,12H2,1H3. The van der Waals surface area contributed by atoms with Crippen LogP contribution in [-0.2, 0) is 11.2 Å². The van der Waals surface area contributed by atoms with Gasteiger partial charge in [-0.15, -0.1) is 11.3 Å². The Morgan fingerprint density at radius 3 is 2.46 bits per heavy atom. The van der Waals surface area contributed by atoms with Crippen molar-refractivity contribution in [1.82, 2.24) is 4.98 Å². The van der Waals surface area contributed by atoms with Gasteiger partial charge in [-0.1, -0.05) is 41.9 Å². The Labute approximate surface area is 150 Å². The molecule has 0 saturated carbocycles. The fourth-order valence-electron chi connectivity index (χ4n) is 2.40. The van der Waals surface area contributed by atoms with Gasteiger partial charge >= 0.3 is 0 Å². The van der Waals surface area contributed by atoms with Crippen LogP contribution in [0.15, 0.2) is 60.0 Å². The molecule has 1 amide bonds. The van der Waals surface area contributed by atoms with Gasteiger partial charge in [0.1, 0.15) is 0 Å². The second-order valence-electron chi connectivity index (χ2n) is 5.46.